The maximum absolute atomic E-state index is 5.21. The van der Waals surface area contributed by atoms with Gasteiger partial charge in [0, 0.05) is 4.83 Å². The van der Waals surface area contributed by atoms with Crippen LogP contribution in [0.15, 0.2) is 22.7 Å². The van der Waals surface area contributed by atoms with E-state index in [0.717, 1.165) is 16.6 Å². The summed E-state index contributed by atoms with van der Waals surface area (Å²) in [5, 5.41) is 0. The first-order chi connectivity index (χ1) is 7.67. The topological polar surface area (TPSA) is 9.23 Å². The smallest absolute Gasteiger partial charge is 0.133 e. The van der Waals surface area contributed by atoms with Gasteiger partial charge in [-0.2, -0.15) is 0 Å². The molecule has 1 aromatic carbocycles. The van der Waals surface area contributed by atoms with Crippen molar-refractivity contribution in [2.24, 2.45) is 0 Å². The first kappa shape index (κ1) is 14.0. The van der Waals surface area contributed by atoms with Crippen molar-refractivity contribution in [3.8, 4) is 5.75 Å². The molecule has 0 saturated heterocycles. The first-order valence-corrected chi connectivity index (χ1v) is 7.34. The van der Waals surface area contributed by atoms with E-state index in [-0.39, 0.29) is 0 Å². The number of ether oxygens (including phenoxy) is 1. The van der Waals surface area contributed by atoms with E-state index < -0.39 is 0 Å². The van der Waals surface area contributed by atoms with Crippen LogP contribution in [0, 0.1) is 0 Å². The van der Waals surface area contributed by atoms with Crippen molar-refractivity contribution in [2.75, 3.05) is 7.11 Å². The van der Waals surface area contributed by atoms with Gasteiger partial charge in [0.25, 0.3) is 0 Å². The average molecular weight is 350 g/mol. The fraction of sp³-hybridized carbons (Fsp3) is 0.538. The molecule has 1 atom stereocenters. The van der Waals surface area contributed by atoms with Gasteiger partial charge in [-0.15, -0.1) is 0 Å². The molecule has 0 N–H and O–H groups in total. The molecule has 0 aliphatic rings. The molecule has 0 heterocycles. The normalized spacial score (nSPS) is 12.5. The van der Waals surface area contributed by atoms with Gasteiger partial charge in [-0.05, 0) is 52.9 Å². The molecule has 1 rings (SSSR count). The minimum atomic E-state index is 0.637. The van der Waals surface area contributed by atoms with Crippen LogP contribution in [-0.2, 0) is 6.42 Å². The summed E-state index contributed by atoms with van der Waals surface area (Å²) in [4.78, 5) is 0.637. The number of hydrogen-bond donors (Lipinski definition) is 0. The highest BCUT2D eigenvalue weighted by atomic mass is 79.9. The lowest BCUT2D eigenvalue weighted by atomic mass is 10.1. The monoisotopic (exact) mass is 348 g/mol. The second-order valence-electron chi connectivity index (χ2n) is 3.89. The Morgan fingerprint density at radius 3 is 2.62 bits per heavy atom. The summed E-state index contributed by atoms with van der Waals surface area (Å²) in [6, 6.07) is 6.29. The van der Waals surface area contributed by atoms with E-state index in [4.69, 9.17) is 4.74 Å². The van der Waals surface area contributed by atoms with E-state index in [1.807, 2.05) is 6.07 Å². The molecule has 0 amide bonds. The van der Waals surface area contributed by atoms with Crippen LogP contribution in [0.4, 0.5) is 0 Å². The van der Waals surface area contributed by atoms with Gasteiger partial charge in [0.15, 0.2) is 0 Å². The second-order valence-corrected chi connectivity index (χ2v) is 6.04. The predicted octanol–water partition coefficient (Wildman–Crippen LogP) is 4.95. The highest BCUT2D eigenvalue weighted by Crippen LogP contribution is 2.26. The highest BCUT2D eigenvalue weighted by Gasteiger charge is 2.05. The van der Waals surface area contributed by atoms with Gasteiger partial charge in [-0.1, -0.05) is 35.3 Å². The fourth-order valence-corrected chi connectivity index (χ4v) is 2.92. The number of methoxy groups -OCH3 is 1. The third-order valence-corrected chi connectivity index (χ3v) is 4.10. The molecular weight excluding hydrogens is 332 g/mol. The molecule has 0 bridgehead atoms. The number of hydrogen-bond acceptors (Lipinski definition) is 1. The number of aryl methyl sites for hydroxylation is 1. The van der Waals surface area contributed by atoms with Gasteiger partial charge < -0.3 is 4.74 Å². The molecule has 0 spiro atoms. The zero-order valence-corrected chi connectivity index (χ0v) is 13.0. The number of rotatable bonds is 6. The maximum atomic E-state index is 5.21. The van der Waals surface area contributed by atoms with Crippen LogP contribution in [0.2, 0.25) is 0 Å². The molecule has 0 aliphatic carbocycles. The third kappa shape index (κ3) is 4.46. The van der Waals surface area contributed by atoms with Crippen LogP contribution in [0.1, 0.15) is 31.7 Å². The zero-order chi connectivity index (χ0) is 12.0. The Hall–Kier alpha value is -0.0200. The predicted molar refractivity (Wildman–Crippen MR) is 76.6 cm³/mol. The van der Waals surface area contributed by atoms with E-state index in [9.17, 15) is 0 Å². The van der Waals surface area contributed by atoms with E-state index in [0.29, 0.717) is 4.83 Å². The average Bonchev–Trinajstić information content (AvgIpc) is 2.27. The van der Waals surface area contributed by atoms with Crippen molar-refractivity contribution in [2.45, 2.75) is 37.4 Å². The molecule has 0 aromatic heterocycles. The minimum Gasteiger partial charge on any atom is -0.496 e. The van der Waals surface area contributed by atoms with Crippen molar-refractivity contribution in [3.05, 3.63) is 28.2 Å². The molecular formula is C13H18Br2O. The van der Waals surface area contributed by atoms with Crippen LogP contribution < -0.4 is 4.74 Å². The van der Waals surface area contributed by atoms with Gasteiger partial charge in [-0.3, -0.25) is 0 Å². The molecule has 0 saturated carbocycles. The summed E-state index contributed by atoms with van der Waals surface area (Å²) in [6.07, 6.45) is 4.78. The van der Waals surface area contributed by atoms with Crippen LogP contribution >= 0.6 is 31.9 Å². The van der Waals surface area contributed by atoms with Crippen molar-refractivity contribution in [1.29, 1.82) is 0 Å². The van der Waals surface area contributed by atoms with Gasteiger partial charge >= 0.3 is 0 Å². The minimum absolute atomic E-state index is 0.637. The molecule has 0 aliphatic heterocycles. The van der Waals surface area contributed by atoms with Crippen LogP contribution in [0.25, 0.3) is 0 Å². The second kappa shape index (κ2) is 7.33. The van der Waals surface area contributed by atoms with Crippen molar-refractivity contribution >= 4 is 31.9 Å². The lowest BCUT2D eigenvalue weighted by Gasteiger charge is -2.09. The molecule has 16 heavy (non-hydrogen) atoms. The van der Waals surface area contributed by atoms with Crippen molar-refractivity contribution in [3.63, 3.8) is 0 Å². The van der Waals surface area contributed by atoms with Crippen molar-refractivity contribution < 1.29 is 4.74 Å². The van der Waals surface area contributed by atoms with Gasteiger partial charge in [0.05, 0.1) is 11.6 Å². The van der Waals surface area contributed by atoms with E-state index in [1.54, 1.807) is 7.11 Å². The summed E-state index contributed by atoms with van der Waals surface area (Å²) in [5.74, 6) is 0.896. The van der Waals surface area contributed by atoms with E-state index in [1.165, 1.54) is 24.8 Å². The molecule has 0 fully saturated rings. The molecule has 1 aromatic rings. The summed E-state index contributed by atoms with van der Waals surface area (Å²) >= 11 is 7.21. The summed E-state index contributed by atoms with van der Waals surface area (Å²) in [7, 11) is 1.69. The Labute approximate surface area is 115 Å². The zero-order valence-electron chi connectivity index (χ0n) is 9.80. The Morgan fingerprint density at radius 2 is 2.06 bits per heavy atom. The summed E-state index contributed by atoms with van der Waals surface area (Å²) in [6.45, 7) is 2.22. The van der Waals surface area contributed by atoms with Crippen LogP contribution in [0.5, 0.6) is 5.75 Å². The lowest BCUT2D eigenvalue weighted by molar-refractivity contribution is 0.412. The molecule has 3 heteroatoms. The van der Waals surface area contributed by atoms with Gasteiger partial charge in [0.1, 0.15) is 5.75 Å². The summed E-state index contributed by atoms with van der Waals surface area (Å²) in [5.41, 5.74) is 1.35. The van der Waals surface area contributed by atoms with E-state index in [2.05, 4.69) is 50.9 Å². The van der Waals surface area contributed by atoms with Crippen LogP contribution in [-0.4, -0.2) is 11.9 Å². The molecule has 1 nitrogen and oxygen atoms in total. The number of alkyl halides is 1. The fourth-order valence-electron chi connectivity index (χ4n) is 1.65. The van der Waals surface area contributed by atoms with Crippen molar-refractivity contribution in [1.82, 2.24) is 0 Å². The Kier molecular flexibility index (Phi) is 6.44. The third-order valence-electron chi connectivity index (χ3n) is 2.56. The number of benzene rings is 1. The summed E-state index contributed by atoms with van der Waals surface area (Å²) < 4.78 is 6.24. The lowest BCUT2D eigenvalue weighted by Crippen LogP contribution is -1.99. The SMILES string of the molecule is CCCC(Br)CCc1ccc(OC)c(Br)c1. The quantitative estimate of drug-likeness (QED) is 0.660. The first-order valence-electron chi connectivity index (χ1n) is 5.63. The Balaban J connectivity index is 2.51. The number of halogens is 2. The standard InChI is InChI=1S/C13H18Br2O/c1-3-4-11(14)7-5-10-6-8-13(16-2)12(15)9-10/h6,8-9,11H,3-5,7H2,1-2H3. The largest absolute Gasteiger partial charge is 0.496 e. The Morgan fingerprint density at radius 1 is 1.31 bits per heavy atom. The van der Waals surface area contributed by atoms with Gasteiger partial charge in [-0.25, -0.2) is 0 Å². The van der Waals surface area contributed by atoms with E-state index >= 15 is 0 Å². The maximum Gasteiger partial charge on any atom is 0.133 e. The van der Waals surface area contributed by atoms with Crippen LogP contribution in [0.3, 0.4) is 0 Å². The Bertz CT molecular complexity index is 326. The highest BCUT2D eigenvalue weighted by molar-refractivity contribution is 9.10. The van der Waals surface area contributed by atoms with Gasteiger partial charge in [0.2, 0.25) is 0 Å². The molecule has 0 radical (unpaired) electrons. The molecule has 1 unspecified atom stereocenters. The molecule has 90 valence electrons.